The van der Waals surface area contributed by atoms with Crippen LogP contribution in [0.2, 0.25) is 0 Å². The van der Waals surface area contributed by atoms with Gasteiger partial charge in [-0.3, -0.25) is 4.79 Å². The SMILES string of the molecule is CCOc1c(Br)cc(C=Nc2sc3c(c2C(=O)NCc2ccco2)CCCC3)cc1Br. The van der Waals surface area contributed by atoms with Crippen molar-refractivity contribution in [2.45, 2.75) is 39.2 Å². The number of thiophene rings is 1. The number of carbonyl (C=O) groups is 1. The van der Waals surface area contributed by atoms with Gasteiger partial charge in [0.15, 0.2) is 0 Å². The predicted molar refractivity (Wildman–Crippen MR) is 131 cm³/mol. The number of hydrogen-bond acceptors (Lipinski definition) is 5. The largest absolute Gasteiger partial charge is 0.492 e. The van der Waals surface area contributed by atoms with Gasteiger partial charge in [-0.15, -0.1) is 11.3 Å². The first kappa shape index (κ1) is 22.3. The van der Waals surface area contributed by atoms with Crippen LogP contribution in [-0.2, 0) is 19.4 Å². The zero-order valence-corrected chi connectivity index (χ0v) is 21.0. The van der Waals surface area contributed by atoms with E-state index in [-0.39, 0.29) is 5.91 Å². The van der Waals surface area contributed by atoms with Crippen molar-refractivity contribution in [3.05, 3.63) is 66.8 Å². The molecule has 0 atom stereocenters. The zero-order chi connectivity index (χ0) is 21.8. The number of nitrogens with one attached hydrogen (secondary N) is 1. The molecule has 0 unspecified atom stereocenters. The molecule has 8 heteroatoms. The average Bonchev–Trinajstić information content (AvgIpc) is 3.40. The molecule has 0 spiro atoms. The monoisotopic (exact) mass is 564 g/mol. The van der Waals surface area contributed by atoms with E-state index in [1.54, 1.807) is 23.8 Å². The van der Waals surface area contributed by atoms with Crippen molar-refractivity contribution in [1.82, 2.24) is 5.32 Å². The summed E-state index contributed by atoms with van der Waals surface area (Å²) in [6.07, 6.45) is 7.59. The van der Waals surface area contributed by atoms with Crippen LogP contribution in [0.5, 0.6) is 5.75 Å². The summed E-state index contributed by atoms with van der Waals surface area (Å²) in [5.74, 6) is 1.40. The standard InChI is InChI=1S/C23H22Br2N2O3S/c1-2-29-21-17(24)10-14(11-18(21)25)12-27-23-20(16-7-3-4-8-19(16)31-23)22(28)26-13-15-6-5-9-30-15/h5-6,9-12H,2-4,7-8,13H2,1H3,(H,26,28). The van der Waals surface area contributed by atoms with Gasteiger partial charge < -0.3 is 14.5 Å². The molecule has 0 saturated carbocycles. The molecular weight excluding hydrogens is 544 g/mol. The lowest BCUT2D eigenvalue weighted by Gasteiger charge is -2.12. The molecule has 3 aromatic rings. The van der Waals surface area contributed by atoms with E-state index in [2.05, 4.69) is 37.2 Å². The molecule has 1 aromatic carbocycles. The number of nitrogens with zero attached hydrogens (tertiary/aromatic N) is 1. The second kappa shape index (κ2) is 10.1. The average molecular weight is 566 g/mol. The Hall–Kier alpha value is -1.90. The molecule has 0 fully saturated rings. The Morgan fingerprint density at radius 1 is 1.29 bits per heavy atom. The van der Waals surface area contributed by atoms with E-state index in [0.29, 0.717) is 18.7 Å². The molecule has 1 aliphatic carbocycles. The number of aryl methyl sites for hydroxylation is 1. The molecule has 1 aliphatic rings. The van der Waals surface area contributed by atoms with Crippen molar-refractivity contribution in [3.63, 3.8) is 0 Å². The maximum absolute atomic E-state index is 13.1. The summed E-state index contributed by atoms with van der Waals surface area (Å²) in [7, 11) is 0. The van der Waals surface area contributed by atoms with E-state index < -0.39 is 0 Å². The van der Waals surface area contributed by atoms with E-state index in [1.165, 1.54) is 4.88 Å². The van der Waals surface area contributed by atoms with Gasteiger partial charge in [-0.2, -0.15) is 0 Å². The van der Waals surface area contributed by atoms with Gasteiger partial charge in [0.2, 0.25) is 0 Å². The van der Waals surface area contributed by atoms with Crippen LogP contribution in [-0.4, -0.2) is 18.7 Å². The molecule has 1 N–H and O–H groups in total. The van der Waals surface area contributed by atoms with Crippen LogP contribution >= 0.6 is 43.2 Å². The third-order valence-electron chi connectivity index (χ3n) is 5.02. The third kappa shape index (κ3) is 5.13. The van der Waals surface area contributed by atoms with E-state index in [9.17, 15) is 4.79 Å². The predicted octanol–water partition coefficient (Wildman–Crippen LogP) is 6.82. The number of ether oxygens (including phenoxy) is 1. The Balaban J connectivity index is 1.62. The highest BCUT2D eigenvalue weighted by atomic mass is 79.9. The van der Waals surface area contributed by atoms with Crippen LogP contribution < -0.4 is 10.1 Å². The number of fused-ring (bicyclic) bond motifs is 1. The van der Waals surface area contributed by atoms with E-state index >= 15 is 0 Å². The van der Waals surface area contributed by atoms with Crippen LogP contribution in [0.1, 0.15) is 51.9 Å². The second-order valence-electron chi connectivity index (χ2n) is 7.16. The summed E-state index contributed by atoms with van der Waals surface area (Å²) in [6, 6.07) is 7.59. The van der Waals surface area contributed by atoms with Gasteiger partial charge in [0.05, 0.1) is 33.9 Å². The number of hydrogen-bond donors (Lipinski definition) is 1. The van der Waals surface area contributed by atoms with Crippen molar-refractivity contribution in [3.8, 4) is 5.75 Å². The van der Waals surface area contributed by atoms with E-state index in [0.717, 1.165) is 62.3 Å². The summed E-state index contributed by atoms with van der Waals surface area (Å²) < 4.78 is 12.7. The zero-order valence-electron chi connectivity index (χ0n) is 17.0. The molecule has 0 bridgehead atoms. The minimum atomic E-state index is -0.1000. The number of aliphatic imine (C=N–C) groups is 1. The Morgan fingerprint density at radius 2 is 2.06 bits per heavy atom. The summed E-state index contributed by atoms with van der Waals surface area (Å²) in [6.45, 7) is 2.89. The first-order valence-corrected chi connectivity index (χ1v) is 12.6. The Kier molecular flexibility index (Phi) is 7.30. The molecule has 5 nitrogen and oxygen atoms in total. The van der Waals surface area contributed by atoms with Crippen molar-refractivity contribution in [1.29, 1.82) is 0 Å². The molecule has 162 valence electrons. The lowest BCUT2D eigenvalue weighted by Crippen LogP contribution is -2.23. The van der Waals surface area contributed by atoms with Gasteiger partial charge in [0, 0.05) is 11.1 Å². The normalized spacial score (nSPS) is 13.4. The summed E-state index contributed by atoms with van der Waals surface area (Å²) in [5, 5.41) is 3.74. The first-order valence-electron chi connectivity index (χ1n) is 10.2. The van der Waals surface area contributed by atoms with Crippen LogP contribution in [0.4, 0.5) is 5.00 Å². The maximum atomic E-state index is 13.1. The molecule has 0 radical (unpaired) electrons. The molecule has 4 rings (SSSR count). The number of amides is 1. The molecule has 31 heavy (non-hydrogen) atoms. The van der Waals surface area contributed by atoms with Gasteiger partial charge in [-0.25, -0.2) is 4.99 Å². The van der Waals surface area contributed by atoms with Crippen LogP contribution in [0.3, 0.4) is 0 Å². The van der Waals surface area contributed by atoms with Gasteiger partial charge in [0.1, 0.15) is 16.5 Å². The van der Waals surface area contributed by atoms with Gasteiger partial charge in [-0.05, 0) is 99.9 Å². The van der Waals surface area contributed by atoms with Crippen molar-refractivity contribution in [2.24, 2.45) is 4.99 Å². The maximum Gasteiger partial charge on any atom is 0.255 e. The highest BCUT2D eigenvalue weighted by molar-refractivity contribution is 9.11. The molecule has 2 heterocycles. The number of benzene rings is 1. The van der Waals surface area contributed by atoms with E-state index in [4.69, 9.17) is 14.1 Å². The van der Waals surface area contributed by atoms with Crippen molar-refractivity contribution in [2.75, 3.05) is 6.61 Å². The lowest BCUT2D eigenvalue weighted by atomic mass is 9.95. The lowest BCUT2D eigenvalue weighted by molar-refractivity contribution is 0.0948. The molecule has 2 aromatic heterocycles. The number of halogens is 2. The fraction of sp³-hybridized carbons (Fsp3) is 0.304. The third-order valence-corrected chi connectivity index (χ3v) is 7.40. The Labute approximate surface area is 202 Å². The fourth-order valence-corrected chi connectivity index (χ4v) is 6.30. The summed E-state index contributed by atoms with van der Waals surface area (Å²) in [4.78, 5) is 19.1. The van der Waals surface area contributed by atoms with Gasteiger partial charge >= 0.3 is 0 Å². The number of furan rings is 1. The van der Waals surface area contributed by atoms with Crippen LogP contribution in [0, 0.1) is 0 Å². The first-order chi connectivity index (χ1) is 15.1. The highest BCUT2D eigenvalue weighted by Crippen LogP contribution is 2.40. The molecule has 0 saturated heterocycles. The topological polar surface area (TPSA) is 63.8 Å². The second-order valence-corrected chi connectivity index (χ2v) is 9.95. The van der Waals surface area contributed by atoms with Crippen molar-refractivity contribution < 1.29 is 13.9 Å². The quantitative estimate of drug-likeness (QED) is 0.319. The highest BCUT2D eigenvalue weighted by Gasteiger charge is 2.25. The smallest absolute Gasteiger partial charge is 0.255 e. The summed E-state index contributed by atoms with van der Waals surface area (Å²) in [5.41, 5.74) is 2.76. The molecule has 1 amide bonds. The fourth-order valence-electron chi connectivity index (χ4n) is 3.61. The molecule has 0 aliphatic heterocycles. The van der Waals surface area contributed by atoms with Crippen LogP contribution in [0.25, 0.3) is 0 Å². The number of carbonyl (C=O) groups excluding carboxylic acids is 1. The Bertz CT molecular complexity index is 1080. The van der Waals surface area contributed by atoms with Crippen LogP contribution in [0.15, 0.2) is 48.9 Å². The van der Waals surface area contributed by atoms with Crippen molar-refractivity contribution >= 4 is 60.3 Å². The molecular formula is C23H22Br2N2O3S. The van der Waals surface area contributed by atoms with Gasteiger partial charge in [-0.1, -0.05) is 0 Å². The minimum absolute atomic E-state index is 0.1000. The summed E-state index contributed by atoms with van der Waals surface area (Å²) >= 11 is 8.75. The van der Waals surface area contributed by atoms with E-state index in [1.807, 2.05) is 31.2 Å². The number of rotatable bonds is 7. The Morgan fingerprint density at radius 3 is 2.77 bits per heavy atom. The van der Waals surface area contributed by atoms with Gasteiger partial charge in [0.25, 0.3) is 5.91 Å². The minimum Gasteiger partial charge on any atom is -0.492 e.